The zero-order valence-electron chi connectivity index (χ0n) is 15.0. The number of hydrogen-bond acceptors (Lipinski definition) is 6. The fourth-order valence-corrected chi connectivity index (χ4v) is 2.71. The number of nitrogens with one attached hydrogen (secondary N) is 2. The average Bonchev–Trinajstić information content (AvgIpc) is 2.68. The van der Waals surface area contributed by atoms with Gasteiger partial charge in [-0.3, -0.25) is 9.78 Å². The first-order chi connectivity index (χ1) is 13.1. The summed E-state index contributed by atoms with van der Waals surface area (Å²) in [5.41, 5.74) is 4.26. The van der Waals surface area contributed by atoms with Crippen molar-refractivity contribution < 1.29 is 0 Å². The van der Waals surface area contributed by atoms with Crippen LogP contribution in [0.2, 0.25) is 0 Å². The fourth-order valence-electron chi connectivity index (χ4n) is 2.71. The van der Waals surface area contributed by atoms with Gasteiger partial charge in [0.15, 0.2) is 5.82 Å². The monoisotopic (exact) mass is 358 g/mol. The van der Waals surface area contributed by atoms with Gasteiger partial charge in [-0.1, -0.05) is 13.8 Å². The third-order valence-electron chi connectivity index (χ3n) is 4.25. The molecule has 7 heteroatoms. The predicted molar refractivity (Wildman–Crippen MR) is 105 cm³/mol. The third-order valence-corrected chi connectivity index (χ3v) is 4.25. The molecule has 7 nitrogen and oxygen atoms in total. The molecule has 0 bridgehead atoms. The zero-order valence-corrected chi connectivity index (χ0v) is 15.0. The van der Waals surface area contributed by atoms with Crippen molar-refractivity contribution in [3.05, 3.63) is 70.9 Å². The zero-order chi connectivity index (χ0) is 18.8. The molecule has 0 saturated carbocycles. The minimum atomic E-state index is -0.137. The van der Waals surface area contributed by atoms with Crippen molar-refractivity contribution in [1.82, 2.24) is 25.1 Å². The van der Waals surface area contributed by atoms with Gasteiger partial charge in [-0.15, -0.1) is 5.10 Å². The summed E-state index contributed by atoms with van der Waals surface area (Å²) in [5.74, 6) is 1.69. The smallest absolute Gasteiger partial charge is 0.247 e. The van der Waals surface area contributed by atoms with Crippen molar-refractivity contribution in [2.45, 2.75) is 19.8 Å². The van der Waals surface area contributed by atoms with E-state index >= 15 is 0 Å². The minimum Gasteiger partial charge on any atom is -0.328 e. The van der Waals surface area contributed by atoms with Crippen molar-refractivity contribution in [2.75, 3.05) is 5.32 Å². The van der Waals surface area contributed by atoms with E-state index in [4.69, 9.17) is 0 Å². The Morgan fingerprint density at radius 1 is 0.963 bits per heavy atom. The first-order valence-corrected chi connectivity index (χ1v) is 8.64. The number of aromatic amines is 1. The van der Waals surface area contributed by atoms with Crippen LogP contribution in [-0.4, -0.2) is 25.1 Å². The summed E-state index contributed by atoms with van der Waals surface area (Å²) in [6.07, 6.45) is 5.20. The molecule has 27 heavy (non-hydrogen) atoms. The maximum Gasteiger partial charge on any atom is 0.247 e. The normalized spacial score (nSPS) is 11.1. The maximum absolute atomic E-state index is 11.2. The first kappa shape index (κ1) is 16.8. The summed E-state index contributed by atoms with van der Waals surface area (Å²) in [6.45, 7) is 4.22. The van der Waals surface area contributed by atoms with E-state index in [9.17, 15) is 4.79 Å². The summed E-state index contributed by atoms with van der Waals surface area (Å²) >= 11 is 0. The van der Waals surface area contributed by atoms with Crippen molar-refractivity contribution in [3.63, 3.8) is 0 Å². The Balaban J connectivity index is 1.67. The first-order valence-electron chi connectivity index (χ1n) is 8.64. The van der Waals surface area contributed by atoms with Gasteiger partial charge in [0.1, 0.15) is 5.82 Å². The molecule has 0 amide bonds. The molecule has 0 aliphatic carbocycles. The van der Waals surface area contributed by atoms with E-state index < -0.39 is 0 Å². The van der Waals surface area contributed by atoms with Crippen molar-refractivity contribution >= 4 is 22.7 Å². The Bertz CT molecular complexity index is 1150. The lowest BCUT2D eigenvalue weighted by atomic mass is 10.1. The number of fused-ring (bicyclic) bond motifs is 1. The fraction of sp³-hybridized carbons (Fsp3) is 0.150. The Morgan fingerprint density at radius 3 is 2.63 bits per heavy atom. The van der Waals surface area contributed by atoms with Crippen LogP contribution in [0, 0.1) is 0 Å². The molecule has 134 valence electrons. The molecule has 4 aromatic heterocycles. The number of nitrogens with zero attached hydrogens (tertiary/aromatic N) is 4. The van der Waals surface area contributed by atoms with Crippen LogP contribution in [0.3, 0.4) is 0 Å². The van der Waals surface area contributed by atoms with Crippen LogP contribution in [0.25, 0.3) is 22.2 Å². The molecule has 0 saturated heterocycles. The molecule has 4 aromatic rings. The lowest BCUT2D eigenvalue weighted by Crippen LogP contribution is -2.01. The molecular weight excluding hydrogens is 340 g/mol. The Morgan fingerprint density at radius 2 is 1.85 bits per heavy atom. The molecular formula is C20H18N6O. The van der Waals surface area contributed by atoms with Gasteiger partial charge in [-0.2, -0.15) is 5.10 Å². The molecule has 2 N–H and O–H groups in total. The van der Waals surface area contributed by atoms with E-state index in [2.05, 4.69) is 44.3 Å². The second kappa shape index (κ2) is 6.95. The Hall–Kier alpha value is -3.61. The number of rotatable bonds is 4. The highest BCUT2D eigenvalue weighted by Gasteiger charge is 2.06. The van der Waals surface area contributed by atoms with E-state index in [0.29, 0.717) is 17.6 Å². The largest absolute Gasteiger partial charge is 0.328 e. The van der Waals surface area contributed by atoms with Crippen molar-refractivity contribution in [1.29, 1.82) is 0 Å². The molecule has 0 fully saturated rings. The quantitative estimate of drug-likeness (QED) is 0.578. The van der Waals surface area contributed by atoms with Crippen LogP contribution in [-0.2, 0) is 0 Å². The van der Waals surface area contributed by atoms with Gasteiger partial charge in [-0.05, 0) is 47.4 Å². The van der Waals surface area contributed by atoms with E-state index in [0.717, 1.165) is 27.7 Å². The molecule has 0 aliphatic heterocycles. The topological polar surface area (TPSA) is 96.5 Å². The molecule has 0 aliphatic rings. The number of hydrogen-bond donors (Lipinski definition) is 2. The van der Waals surface area contributed by atoms with Crippen LogP contribution in [0.4, 0.5) is 11.6 Å². The van der Waals surface area contributed by atoms with E-state index in [1.54, 1.807) is 24.7 Å². The number of pyridine rings is 3. The van der Waals surface area contributed by atoms with Gasteiger partial charge >= 0.3 is 0 Å². The highest BCUT2D eigenvalue weighted by molar-refractivity contribution is 5.81. The Labute approximate surface area is 155 Å². The molecule has 4 rings (SSSR count). The van der Waals surface area contributed by atoms with Crippen molar-refractivity contribution in [3.8, 4) is 11.1 Å². The van der Waals surface area contributed by atoms with Gasteiger partial charge < -0.3 is 10.3 Å². The summed E-state index contributed by atoms with van der Waals surface area (Å²) in [5, 5.41) is 11.4. The lowest BCUT2D eigenvalue weighted by Gasteiger charge is -2.09. The maximum atomic E-state index is 11.2. The molecule has 0 spiro atoms. The Kier molecular flexibility index (Phi) is 4.33. The standard InChI is InChI=1S/C20H18N6O/c1-12(2)14-8-19(26-23-11-14)25-18-5-4-16-17(24-18)7-15(10-21-16)13-3-6-20(27)22-9-13/h3-12H,1-2H3,(H,22,27)(H,24,25,26). The molecule has 0 atom stereocenters. The van der Waals surface area contributed by atoms with Gasteiger partial charge in [0.05, 0.1) is 17.2 Å². The second-order valence-electron chi connectivity index (χ2n) is 6.55. The average molecular weight is 358 g/mol. The second-order valence-corrected chi connectivity index (χ2v) is 6.55. The number of H-pyrrole nitrogens is 1. The van der Waals surface area contributed by atoms with Crippen molar-refractivity contribution in [2.24, 2.45) is 0 Å². The van der Waals surface area contributed by atoms with Crippen LogP contribution in [0.5, 0.6) is 0 Å². The van der Waals surface area contributed by atoms with Crippen LogP contribution in [0.15, 0.2) is 59.8 Å². The van der Waals surface area contributed by atoms with Crippen LogP contribution < -0.4 is 10.9 Å². The summed E-state index contributed by atoms with van der Waals surface area (Å²) in [4.78, 5) is 23.0. The van der Waals surface area contributed by atoms with Gasteiger partial charge in [0.2, 0.25) is 5.56 Å². The lowest BCUT2D eigenvalue weighted by molar-refractivity contribution is 0.843. The third kappa shape index (κ3) is 3.67. The van der Waals surface area contributed by atoms with E-state index in [-0.39, 0.29) is 5.56 Å². The summed E-state index contributed by atoms with van der Waals surface area (Å²) in [7, 11) is 0. The van der Waals surface area contributed by atoms with Gasteiger partial charge in [0, 0.05) is 24.0 Å². The summed E-state index contributed by atoms with van der Waals surface area (Å²) in [6, 6.07) is 10.9. The van der Waals surface area contributed by atoms with Gasteiger partial charge in [0.25, 0.3) is 0 Å². The number of aromatic nitrogens is 5. The highest BCUT2D eigenvalue weighted by Crippen LogP contribution is 2.23. The molecule has 0 aromatic carbocycles. The molecule has 0 radical (unpaired) electrons. The van der Waals surface area contributed by atoms with Gasteiger partial charge in [-0.25, -0.2) is 4.98 Å². The van der Waals surface area contributed by atoms with Crippen LogP contribution in [0.1, 0.15) is 25.3 Å². The summed E-state index contributed by atoms with van der Waals surface area (Å²) < 4.78 is 0. The number of anilines is 2. The van der Waals surface area contributed by atoms with E-state index in [1.165, 1.54) is 6.07 Å². The predicted octanol–water partition coefficient (Wildman–Crippen LogP) is 3.64. The molecule has 0 unspecified atom stereocenters. The minimum absolute atomic E-state index is 0.137. The highest BCUT2D eigenvalue weighted by atomic mass is 16.1. The van der Waals surface area contributed by atoms with E-state index in [1.807, 2.05) is 24.3 Å². The molecule has 4 heterocycles. The SMILES string of the molecule is CC(C)c1cnnc(Nc2ccc3ncc(-c4ccc(=O)[nH]c4)cc3n2)c1. The van der Waals surface area contributed by atoms with Crippen LogP contribution >= 0.6 is 0 Å².